The number of methoxy groups -OCH3 is 1. The molecule has 1 heterocycles. The van der Waals surface area contributed by atoms with Gasteiger partial charge in [0, 0.05) is 7.11 Å². The number of nitrogens with zero attached hydrogens (tertiary/aromatic N) is 1. The van der Waals surface area contributed by atoms with Gasteiger partial charge in [-0.05, 0) is 13.0 Å². The Kier molecular flexibility index (Phi) is 2.89. The predicted molar refractivity (Wildman–Crippen MR) is 49.1 cm³/mol. The van der Waals surface area contributed by atoms with Gasteiger partial charge in [-0.1, -0.05) is 11.6 Å². The largest absolute Gasteiger partial charge is 0.397 e. The average Bonchev–Trinajstić information content (AvgIpc) is 2.03. The van der Waals surface area contributed by atoms with Crippen LogP contribution in [0.3, 0.4) is 0 Å². The maximum atomic E-state index is 5.88. The van der Waals surface area contributed by atoms with Gasteiger partial charge in [0.2, 0.25) is 0 Å². The van der Waals surface area contributed by atoms with E-state index in [0.717, 1.165) is 0 Å². The van der Waals surface area contributed by atoms with Gasteiger partial charge in [0.25, 0.3) is 0 Å². The monoisotopic (exact) mass is 186 g/mol. The Bertz CT molecular complexity index is 278. The van der Waals surface area contributed by atoms with Gasteiger partial charge in [-0.2, -0.15) is 0 Å². The molecule has 0 radical (unpaired) electrons. The lowest BCUT2D eigenvalue weighted by atomic mass is 10.2. The van der Waals surface area contributed by atoms with Crippen molar-refractivity contribution in [3.05, 3.63) is 23.0 Å². The number of pyridine rings is 1. The van der Waals surface area contributed by atoms with Gasteiger partial charge in [0.15, 0.2) is 0 Å². The lowest BCUT2D eigenvalue weighted by molar-refractivity contribution is 0.116. The van der Waals surface area contributed by atoms with Crippen molar-refractivity contribution in [2.75, 3.05) is 12.8 Å². The van der Waals surface area contributed by atoms with Gasteiger partial charge < -0.3 is 10.5 Å². The number of hydrogen-bond donors (Lipinski definition) is 1. The van der Waals surface area contributed by atoms with E-state index in [-0.39, 0.29) is 6.10 Å². The zero-order valence-corrected chi connectivity index (χ0v) is 7.80. The minimum Gasteiger partial charge on any atom is -0.397 e. The van der Waals surface area contributed by atoms with Crippen molar-refractivity contribution in [3.63, 3.8) is 0 Å². The summed E-state index contributed by atoms with van der Waals surface area (Å²) in [7, 11) is 1.61. The molecule has 0 bridgehead atoms. The first-order valence-corrected chi connectivity index (χ1v) is 3.96. The third-order valence-corrected chi connectivity index (χ3v) is 1.93. The molecule has 1 rings (SSSR count). The molecule has 0 fully saturated rings. The Labute approximate surface area is 76.5 Å². The molecule has 1 aromatic heterocycles. The van der Waals surface area contributed by atoms with Gasteiger partial charge in [-0.3, -0.25) is 4.98 Å². The number of halogens is 1. The molecule has 0 amide bonds. The predicted octanol–water partition coefficient (Wildman–Crippen LogP) is 2.02. The molecule has 0 aliphatic carbocycles. The molecular weight excluding hydrogens is 176 g/mol. The quantitative estimate of drug-likeness (QED) is 0.769. The van der Waals surface area contributed by atoms with Crippen LogP contribution < -0.4 is 5.73 Å². The topological polar surface area (TPSA) is 48.1 Å². The SMILES string of the molecule is CO[C@H](C)c1ncc(N)cc1Cl. The van der Waals surface area contributed by atoms with Gasteiger partial charge in [-0.25, -0.2) is 0 Å². The zero-order chi connectivity index (χ0) is 9.14. The van der Waals surface area contributed by atoms with Gasteiger partial charge in [0.05, 0.1) is 28.7 Å². The number of anilines is 1. The van der Waals surface area contributed by atoms with Crippen LogP contribution >= 0.6 is 11.6 Å². The molecule has 0 spiro atoms. The average molecular weight is 187 g/mol. The van der Waals surface area contributed by atoms with Gasteiger partial charge >= 0.3 is 0 Å². The second-order valence-corrected chi connectivity index (χ2v) is 2.92. The Hall–Kier alpha value is -0.800. The van der Waals surface area contributed by atoms with Gasteiger partial charge in [0.1, 0.15) is 0 Å². The molecule has 0 saturated heterocycles. The second kappa shape index (κ2) is 3.74. The minimum absolute atomic E-state index is 0.0990. The van der Waals surface area contributed by atoms with E-state index in [1.54, 1.807) is 19.4 Å². The summed E-state index contributed by atoms with van der Waals surface area (Å²) >= 11 is 5.88. The third-order valence-electron chi connectivity index (χ3n) is 1.63. The molecule has 0 aliphatic heterocycles. The fourth-order valence-electron chi connectivity index (χ4n) is 0.874. The Morgan fingerprint density at radius 2 is 2.33 bits per heavy atom. The summed E-state index contributed by atoms with van der Waals surface area (Å²) in [4.78, 5) is 4.07. The highest BCUT2D eigenvalue weighted by atomic mass is 35.5. The van der Waals surface area contributed by atoms with E-state index >= 15 is 0 Å². The fourth-order valence-corrected chi connectivity index (χ4v) is 1.20. The number of aromatic nitrogens is 1. The highest BCUT2D eigenvalue weighted by Gasteiger charge is 2.09. The lowest BCUT2D eigenvalue weighted by Crippen LogP contribution is -2.01. The number of ether oxygens (including phenoxy) is 1. The summed E-state index contributed by atoms with van der Waals surface area (Å²) < 4.78 is 5.07. The van der Waals surface area contributed by atoms with Crippen LogP contribution in [0.5, 0.6) is 0 Å². The molecule has 1 aromatic rings. The summed E-state index contributed by atoms with van der Waals surface area (Å²) in [5, 5.41) is 0.546. The lowest BCUT2D eigenvalue weighted by Gasteiger charge is -2.10. The van der Waals surface area contributed by atoms with Gasteiger partial charge in [-0.15, -0.1) is 0 Å². The van der Waals surface area contributed by atoms with Crippen LogP contribution in [0.4, 0.5) is 5.69 Å². The standard InChI is InChI=1S/C8H11ClN2O/c1-5(12-2)8-7(9)3-6(10)4-11-8/h3-5H,10H2,1-2H3/t5-/m1/s1. The maximum absolute atomic E-state index is 5.88. The number of rotatable bonds is 2. The van der Waals surface area contributed by atoms with Crippen LogP contribution in [0, 0.1) is 0 Å². The van der Waals surface area contributed by atoms with E-state index in [2.05, 4.69) is 4.98 Å². The molecule has 0 aliphatic rings. The van der Waals surface area contributed by atoms with E-state index in [0.29, 0.717) is 16.4 Å². The van der Waals surface area contributed by atoms with Crippen molar-refractivity contribution in [2.24, 2.45) is 0 Å². The summed E-state index contributed by atoms with van der Waals surface area (Å²) in [6, 6.07) is 1.67. The molecule has 2 N–H and O–H groups in total. The van der Waals surface area contributed by atoms with E-state index in [4.69, 9.17) is 22.1 Å². The van der Waals surface area contributed by atoms with Crippen molar-refractivity contribution < 1.29 is 4.74 Å². The van der Waals surface area contributed by atoms with Crippen LogP contribution in [-0.4, -0.2) is 12.1 Å². The Balaban J connectivity index is 3.01. The molecule has 0 saturated carbocycles. The normalized spacial score (nSPS) is 12.9. The Morgan fingerprint density at radius 3 is 2.83 bits per heavy atom. The van der Waals surface area contributed by atoms with E-state index < -0.39 is 0 Å². The Morgan fingerprint density at radius 1 is 1.67 bits per heavy atom. The first-order valence-electron chi connectivity index (χ1n) is 3.59. The molecular formula is C8H11ClN2O. The van der Waals surface area contributed by atoms with Crippen molar-refractivity contribution in [2.45, 2.75) is 13.0 Å². The molecule has 3 nitrogen and oxygen atoms in total. The molecule has 4 heteroatoms. The summed E-state index contributed by atoms with van der Waals surface area (Å²) in [5.41, 5.74) is 6.76. The van der Waals surface area contributed by atoms with Crippen molar-refractivity contribution in [3.8, 4) is 0 Å². The van der Waals surface area contributed by atoms with Crippen molar-refractivity contribution >= 4 is 17.3 Å². The zero-order valence-electron chi connectivity index (χ0n) is 7.04. The highest BCUT2D eigenvalue weighted by Crippen LogP contribution is 2.23. The van der Waals surface area contributed by atoms with Crippen LogP contribution in [-0.2, 0) is 4.74 Å². The van der Waals surface area contributed by atoms with Crippen LogP contribution in [0.2, 0.25) is 5.02 Å². The van der Waals surface area contributed by atoms with Crippen LogP contribution in [0.25, 0.3) is 0 Å². The fraction of sp³-hybridized carbons (Fsp3) is 0.375. The molecule has 12 heavy (non-hydrogen) atoms. The number of nitrogen functional groups attached to an aromatic ring is 1. The molecule has 0 aromatic carbocycles. The van der Waals surface area contributed by atoms with E-state index in [1.165, 1.54) is 0 Å². The molecule has 0 unspecified atom stereocenters. The summed E-state index contributed by atoms with van der Waals surface area (Å²) in [6.45, 7) is 1.88. The van der Waals surface area contributed by atoms with E-state index in [9.17, 15) is 0 Å². The number of hydrogen-bond acceptors (Lipinski definition) is 3. The smallest absolute Gasteiger partial charge is 0.0977 e. The summed E-state index contributed by atoms with van der Waals surface area (Å²) in [5.74, 6) is 0. The third kappa shape index (κ3) is 1.87. The van der Waals surface area contributed by atoms with Crippen molar-refractivity contribution in [1.29, 1.82) is 0 Å². The second-order valence-electron chi connectivity index (χ2n) is 2.51. The first kappa shape index (κ1) is 9.29. The molecule has 66 valence electrons. The summed E-state index contributed by atoms with van der Waals surface area (Å²) in [6.07, 6.45) is 1.47. The van der Waals surface area contributed by atoms with Crippen LogP contribution in [0.1, 0.15) is 18.7 Å². The highest BCUT2D eigenvalue weighted by molar-refractivity contribution is 6.31. The first-order chi connectivity index (χ1) is 5.65. The van der Waals surface area contributed by atoms with Crippen LogP contribution in [0.15, 0.2) is 12.3 Å². The van der Waals surface area contributed by atoms with E-state index in [1.807, 2.05) is 6.92 Å². The maximum Gasteiger partial charge on any atom is 0.0977 e. The van der Waals surface area contributed by atoms with Crippen molar-refractivity contribution in [1.82, 2.24) is 4.98 Å². The molecule has 1 atom stereocenters. The number of nitrogens with two attached hydrogens (primary N) is 1. The minimum atomic E-state index is -0.0990.